The lowest BCUT2D eigenvalue weighted by atomic mass is 10.0. The predicted molar refractivity (Wildman–Crippen MR) is 83.2 cm³/mol. The molecule has 2 aromatic heterocycles. The van der Waals surface area contributed by atoms with Gasteiger partial charge in [-0.1, -0.05) is 13.8 Å². The Balaban J connectivity index is 2.30. The Morgan fingerprint density at radius 2 is 1.95 bits per heavy atom. The first-order valence-electron chi connectivity index (χ1n) is 7.76. The third-order valence-corrected chi connectivity index (χ3v) is 3.93. The molecule has 0 amide bonds. The summed E-state index contributed by atoms with van der Waals surface area (Å²) in [7, 11) is 0. The van der Waals surface area contributed by atoms with Gasteiger partial charge in [0.05, 0.1) is 5.69 Å². The second-order valence-electron chi connectivity index (χ2n) is 5.25. The Bertz CT molecular complexity index is 583. The quantitative estimate of drug-likeness (QED) is 0.849. The van der Waals surface area contributed by atoms with Gasteiger partial charge in [-0.15, -0.1) is 0 Å². The zero-order chi connectivity index (χ0) is 15.4. The van der Waals surface area contributed by atoms with Gasteiger partial charge in [0.15, 0.2) is 0 Å². The summed E-state index contributed by atoms with van der Waals surface area (Å²) in [6.45, 7) is 13.1. The van der Waals surface area contributed by atoms with Crippen molar-refractivity contribution in [2.75, 3.05) is 6.54 Å². The molecule has 0 saturated carbocycles. The normalized spacial score (nSPS) is 12.8. The number of hydrogen-bond acceptors (Lipinski definition) is 4. The first-order chi connectivity index (χ1) is 10.1. The van der Waals surface area contributed by atoms with Crippen LogP contribution in [0.4, 0.5) is 0 Å². The van der Waals surface area contributed by atoms with E-state index < -0.39 is 0 Å². The highest BCUT2D eigenvalue weighted by molar-refractivity contribution is 5.28. The van der Waals surface area contributed by atoms with Crippen molar-refractivity contribution in [1.29, 1.82) is 0 Å². The van der Waals surface area contributed by atoms with Crippen LogP contribution in [0.3, 0.4) is 0 Å². The maximum Gasteiger partial charge on any atom is 0.148 e. The van der Waals surface area contributed by atoms with Crippen molar-refractivity contribution in [3.8, 4) is 0 Å². The van der Waals surface area contributed by atoms with Gasteiger partial charge in [0.2, 0.25) is 0 Å². The fourth-order valence-corrected chi connectivity index (χ4v) is 2.87. The van der Waals surface area contributed by atoms with Gasteiger partial charge in [-0.25, -0.2) is 9.67 Å². The maximum absolute atomic E-state index is 4.71. The van der Waals surface area contributed by atoms with E-state index in [-0.39, 0.29) is 0 Å². The Morgan fingerprint density at radius 3 is 2.57 bits per heavy atom. The topological polar surface area (TPSA) is 60.6 Å². The monoisotopic (exact) mass is 290 g/mol. The van der Waals surface area contributed by atoms with Crippen LogP contribution in [0.15, 0.2) is 6.33 Å². The van der Waals surface area contributed by atoms with Crippen LogP contribution in [0, 0.1) is 13.8 Å². The SMILES string of the molecule is CCNC(CC)c1c(C)nn(Cc2ncnn2CC)c1C. The van der Waals surface area contributed by atoms with Crippen LogP contribution < -0.4 is 5.32 Å². The minimum Gasteiger partial charge on any atom is -0.310 e. The summed E-state index contributed by atoms with van der Waals surface area (Å²) in [4.78, 5) is 4.34. The van der Waals surface area contributed by atoms with Gasteiger partial charge < -0.3 is 5.32 Å². The number of nitrogens with zero attached hydrogens (tertiary/aromatic N) is 5. The number of aromatic nitrogens is 5. The molecule has 1 atom stereocenters. The summed E-state index contributed by atoms with van der Waals surface area (Å²) in [6, 6.07) is 0.368. The number of hydrogen-bond donors (Lipinski definition) is 1. The molecule has 0 fully saturated rings. The Morgan fingerprint density at radius 1 is 1.19 bits per heavy atom. The van der Waals surface area contributed by atoms with Crippen LogP contribution in [-0.2, 0) is 13.1 Å². The van der Waals surface area contributed by atoms with Crippen molar-refractivity contribution in [1.82, 2.24) is 29.9 Å². The van der Waals surface area contributed by atoms with E-state index in [9.17, 15) is 0 Å². The minimum absolute atomic E-state index is 0.368. The summed E-state index contributed by atoms with van der Waals surface area (Å²) in [6.07, 6.45) is 2.67. The molecule has 0 saturated heterocycles. The Hall–Kier alpha value is -1.69. The summed E-state index contributed by atoms with van der Waals surface area (Å²) >= 11 is 0. The minimum atomic E-state index is 0.368. The highest BCUT2D eigenvalue weighted by atomic mass is 15.4. The van der Waals surface area contributed by atoms with Gasteiger partial charge in [-0.05, 0) is 33.7 Å². The lowest BCUT2D eigenvalue weighted by Crippen LogP contribution is -2.21. The first-order valence-corrected chi connectivity index (χ1v) is 7.76. The lowest BCUT2D eigenvalue weighted by molar-refractivity contribution is 0.528. The van der Waals surface area contributed by atoms with Crippen molar-refractivity contribution in [3.05, 3.63) is 29.1 Å². The van der Waals surface area contributed by atoms with E-state index in [0.717, 1.165) is 31.0 Å². The molecule has 6 nitrogen and oxygen atoms in total. The lowest BCUT2D eigenvalue weighted by Gasteiger charge is -2.16. The molecule has 0 aromatic carbocycles. The largest absolute Gasteiger partial charge is 0.310 e. The molecular formula is C15H26N6. The van der Waals surface area contributed by atoms with Gasteiger partial charge in [-0.2, -0.15) is 10.2 Å². The maximum atomic E-state index is 4.71. The molecule has 21 heavy (non-hydrogen) atoms. The third kappa shape index (κ3) is 3.15. The number of nitrogens with one attached hydrogen (secondary N) is 1. The van der Waals surface area contributed by atoms with E-state index in [4.69, 9.17) is 5.10 Å². The molecule has 0 bridgehead atoms. The van der Waals surface area contributed by atoms with Crippen LogP contribution >= 0.6 is 0 Å². The molecular weight excluding hydrogens is 264 g/mol. The highest BCUT2D eigenvalue weighted by Crippen LogP contribution is 2.24. The van der Waals surface area contributed by atoms with E-state index in [1.165, 1.54) is 11.3 Å². The summed E-state index contributed by atoms with van der Waals surface area (Å²) in [5.74, 6) is 0.950. The van der Waals surface area contributed by atoms with Crippen LogP contribution in [0.1, 0.15) is 56.0 Å². The van der Waals surface area contributed by atoms with E-state index in [0.29, 0.717) is 12.6 Å². The molecule has 2 heterocycles. The van der Waals surface area contributed by atoms with E-state index >= 15 is 0 Å². The fourth-order valence-electron chi connectivity index (χ4n) is 2.87. The van der Waals surface area contributed by atoms with Crippen molar-refractivity contribution >= 4 is 0 Å². The molecule has 1 N–H and O–H groups in total. The summed E-state index contributed by atoms with van der Waals surface area (Å²) in [5, 5.41) is 12.5. The van der Waals surface area contributed by atoms with Gasteiger partial charge in [0, 0.05) is 23.8 Å². The second kappa shape index (κ2) is 6.85. The highest BCUT2D eigenvalue weighted by Gasteiger charge is 2.19. The Kier molecular flexibility index (Phi) is 5.12. The molecule has 0 aliphatic heterocycles. The summed E-state index contributed by atoms with van der Waals surface area (Å²) < 4.78 is 3.96. The second-order valence-corrected chi connectivity index (χ2v) is 5.25. The molecule has 116 valence electrons. The van der Waals surface area contributed by atoms with Gasteiger partial charge in [-0.3, -0.25) is 4.68 Å². The molecule has 6 heteroatoms. The fraction of sp³-hybridized carbons (Fsp3) is 0.667. The van der Waals surface area contributed by atoms with Crippen molar-refractivity contribution in [3.63, 3.8) is 0 Å². The van der Waals surface area contributed by atoms with Crippen LogP contribution in [-0.4, -0.2) is 31.1 Å². The van der Waals surface area contributed by atoms with E-state index in [2.05, 4.69) is 50.0 Å². The molecule has 1 unspecified atom stereocenters. The van der Waals surface area contributed by atoms with Gasteiger partial charge in [0.1, 0.15) is 18.7 Å². The third-order valence-electron chi connectivity index (χ3n) is 3.93. The Labute approximate surface area is 126 Å². The zero-order valence-corrected chi connectivity index (χ0v) is 13.7. The van der Waals surface area contributed by atoms with Crippen LogP contribution in [0.5, 0.6) is 0 Å². The number of aryl methyl sites for hydroxylation is 2. The van der Waals surface area contributed by atoms with Crippen molar-refractivity contribution in [2.45, 2.75) is 60.2 Å². The smallest absolute Gasteiger partial charge is 0.148 e. The molecule has 2 aromatic rings. The molecule has 0 aliphatic carbocycles. The van der Waals surface area contributed by atoms with Crippen LogP contribution in [0.2, 0.25) is 0 Å². The molecule has 2 rings (SSSR count). The van der Waals surface area contributed by atoms with Crippen molar-refractivity contribution in [2.24, 2.45) is 0 Å². The summed E-state index contributed by atoms with van der Waals surface area (Å²) in [5.41, 5.74) is 3.63. The first kappa shape index (κ1) is 15.7. The number of rotatable bonds is 7. The van der Waals surface area contributed by atoms with E-state index in [1.807, 2.05) is 9.36 Å². The van der Waals surface area contributed by atoms with Gasteiger partial charge >= 0.3 is 0 Å². The molecule has 0 radical (unpaired) electrons. The average Bonchev–Trinajstić information content (AvgIpc) is 3.02. The van der Waals surface area contributed by atoms with Crippen LogP contribution in [0.25, 0.3) is 0 Å². The average molecular weight is 290 g/mol. The van der Waals surface area contributed by atoms with E-state index in [1.54, 1.807) is 6.33 Å². The molecule has 0 spiro atoms. The standard InChI is InChI=1S/C15H26N6/c1-6-13(16-7-2)15-11(4)19-21(12(15)5)9-14-17-10-18-20(14)8-3/h10,13,16H,6-9H2,1-5H3. The van der Waals surface area contributed by atoms with Crippen molar-refractivity contribution < 1.29 is 0 Å². The van der Waals surface area contributed by atoms with Gasteiger partial charge in [0.25, 0.3) is 0 Å². The zero-order valence-electron chi connectivity index (χ0n) is 13.7. The molecule has 0 aliphatic rings. The predicted octanol–water partition coefficient (Wildman–Crippen LogP) is 2.22.